The summed E-state index contributed by atoms with van der Waals surface area (Å²) < 4.78 is 43.7. The number of halogens is 1. The topological polar surface area (TPSA) is 72.9 Å². The van der Waals surface area contributed by atoms with Crippen LogP contribution in [0.5, 0.6) is 5.88 Å². The van der Waals surface area contributed by atoms with Gasteiger partial charge in [0, 0.05) is 26.8 Å². The van der Waals surface area contributed by atoms with E-state index in [4.69, 9.17) is 17.0 Å². The van der Waals surface area contributed by atoms with Gasteiger partial charge in [-0.05, 0) is 49.7 Å². The average molecular weight is 440 g/mol. The van der Waals surface area contributed by atoms with E-state index >= 15 is 0 Å². The van der Waals surface area contributed by atoms with Crippen molar-refractivity contribution in [2.75, 3.05) is 51.5 Å². The van der Waals surface area contributed by atoms with E-state index in [1.807, 2.05) is 19.9 Å². The zero-order valence-electron chi connectivity index (χ0n) is 20.7. The number of amides is 1. The number of nitrogens with one attached hydrogen (secondary N) is 1. The molecular formula is C23H36FN3O4. The number of nitrogens with zero attached hydrogens (tertiary/aromatic N) is 2. The maximum absolute atomic E-state index is 13.0. The van der Waals surface area contributed by atoms with Crippen molar-refractivity contribution in [2.24, 2.45) is 11.8 Å². The van der Waals surface area contributed by atoms with Crippen molar-refractivity contribution in [3.8, 4) is 5.88 Å². The summed E-state index contributed by atoms with van der Waals surface area (Å²) in [4.78, 5) is 19.6. The number of pyridine rings is 1. The highest BCUT2D eigenvalue weighted by Crippen LogP contribution is 2.34. The molecule has 1 aliphatic carbocycles. The summed E-state index contributed by atoms with van der Waals surface area (Å²) in [5.41, 5.74) is 1.13. The molecule has 2 fully saturated rings. The van der Waals surface area contributed by atoms with E-state index in [-0.39, 0.29) is 43.4 Å². The van der Waals surface area contributed by atoms with E-state index in [0.717, 1.165) is 31.6 Å². The Labute approximate surface area is 187 Å². The molecule has 8 heteroatoms. The molecule has 1 saturated carbocycles. The molecule has 1 saturated heterocycles. The monoisotopic (exact) mass is 439 g/mol. The van der Waals surface area contributed by atoms with E-state index in [0.29, 0.717) is 30.7 Å². The van der Waals surface area contributed by atoms with Crippen LogP contribution in [0.25, 0.3) is 0 Å². The smallest absolute Gasteiger partial charge is 0.270 e. The highest BCUT2D eigenvalue weighted by atomic mass is 19.1. The Morgan fingerprint density at radius 1 is 1.39 bits per heavy atom. The van der Waals surface area contributed by atoms with E-state index < -0.39 is 6.63 Å². The molecule has 0 aromatic carbocycles. The maximum atomic E-state index is 13.0. The second-order valence-corrected chi connectivity index (χ2v) is 8.80. The van der Waals surface area contributed by atoms with Crippen LogP contribution < -0.4 is 15.0 Å². The van der Waals surface area contributed by atoms with Gasteiger partial charge < -0.3 is 24.4 Å². The Balaban J connectivity index is 1.63. The zero-order chi connectivity index (χ0) is 24.0. The number of methoxy groups -OCH3 is 1. The first-order valence-corrected chi connectivity index (χ1v) is 11.1. The van der Waals surface area contributed by atoms with E-state index in [9.17, 15) is 9.18 Å². The summed E-state index contributed by atoms with van der Waals surface area (Å²) in [6.45, 7) is 3.54. The predicted octanol–water partition coefficient (Wildman–Crippen LogP) is 3.23. The van der Waals surface area contributed by atoms with Crippen molar-refractivity contribution in [3.05, 3.63) is 17.8 Å². The summed E-state index contributed by atoms with van der Waals surface area (Å²) >= 11 is 0. The van der Waals surface area contributed by atoms with Gasteiger partial charge in [-0.25, -0.2) is 4.98 Å². The maximum Gasteiger partial charge on any atom is 0.270 e. The molecule has 3 rings (SSSR count). The fourth-order valence-corrected chi connectivity index (χ4v) is 3.51. The van der Waals surface area contributed by atoms with Crippen LogP contribution in [0.4, 0.5) is 10.1 Å². The Morgan fingerprint density at radius 3 is 2.81 bits per heavy atom. The number of alkyl halides is 1. The van der Waals surface area contributed by atoms with Crippen LogP contribution in [0.15, 0.2) is 12.1 Å². The van der Waals surface area contributed by atoms with Crippen molar-refractivity contribution in [2.45, 2.75) is 51.7 Å². The Bertz CT molecular complexity index is 783. The van der Waals surface area contributed by atoms with Gasteiger partial charge >= 0.3 is 0 Å². The van der Waals surface area contributed by atoms with Crippen LogP contribution >= 0.6 is 0 Å². The molecule has 2 heterocycles. The number of carbonyl (C=O) groups excluding carboxylic acids is 1. The molecule has 0 radical (unpaired) electrons. The summed E-state index contributed by atoms with van der Waals surface area (Å²) in [6.07, 6.45) is 2.83. The highest BCUT2D eigenvalue weighted by Gasteiger charge is 2.31. The number of aromatic nitrogens is 1. The van der Waals surface area contributed by atoms with Gasteiger partial charge in [-0.15, -0.1) is 0 Å². The number of carbonyl (C=O) groups is 1. The third-order valence-corrected chi connectivity index (χ3v) is 5.50. The second-order valence-electron chi connectivity index (χ2n) is 8.80. The molecule has 7 nitrogen and oxygen atoms in total. The van der Waals surface area contributed by atoms with Gasteiger partial charge in [-0.3, -0.25) is 9.18 Å². The van der Waals surface area contributed by atoms with Crippen LogP contribution in [-0.4, -0.2) is 69.7 Å². The third kappa shape index (κ3) is 7.31. The lowest BCUT2D eigenvalue weighted by molar-refractivity contribution is 0.0777. The van der Waals surface area contributed by atoms with E-state index in [1.54, 1.807) is 13.2 Å². The summed E-state index contributed by atoms with van der Waals surface area (Å²) in [6, 6.07) is 3.27. The standard InChI is InChI=1S/C23H36FN3O4/c1-16(2)11-18(15-30-10-4-9-24)25-22(28)20-7-8-21(27-12-19(13-27)29-3)23(26-20)31-14-17-5-6-17/h7-8,16-19H,4-6,9-15H2,1-3H3,(H,25,28)/i9D2. The van der Waals surface area contributed by atoms with Gasteiger partial charge in [0.05, 0.1) is 34.7 Å². The van der Waals surface area contributed by atoms with E-state index in [2.05, 4.69) is 15.2 Å². The summed E-state index contributed by atoms with van der Waals surface area (Å²) in [5, 5.41) is 2.96. The molecule has 1 aromatic heterocycles. The lowest BCUT2D eigenvalue weighted by Gasteiger charge is -2.40. The normalized spacial score (nSPS) is 18.9. The predicted molar refractivity (Wildman–Crippen MR) is 118 cm³/mol. The van der Waals surface area contributed by atoms with Crippen LogP contribution in [0.3, 0.4) is 0 Å². The van der Waals surface area contributed by atoms with Gasteiger partial charge in [0.25, 0.3) is 5.91 Å². The van der Waals surface area contributed by atoms with Crippen molar-refractivity contribution in [1.82, 2.24) is 10.3 Å². The molecule has 1 aromatic rings. The molecular weight excluding hydrogens is 401 g/mol. The minimum atomic E-state index is -2.76. The van der Waals surface area contributed by atoms with Gasteiger partial charge in [-0.1, -0.05) is 13.8 Å². The first-order valence-electron chi connectivity index (χ1n) is 12.1. The zero-order valence-corrected chi connectivity index (χ0v) is 18.7. The summed E-state index contributed by atoms with van der Waals surface area (Å²) in [7, 11) is 1.70. The van der Waals surface area contributed by atoms with E-state index in [1.165, 1.54) is 0 Å². The quantitative estimate of drug-likeness (QED) is 0.449. The Kier molecular flexibility index (Phi) is 7.85. The average Bonchev–Trinajstić information content (AvgIpc) is 3.52. The lowest BCUT2D eigenvalue weighted by atomic mass is 10.0. The summed E-state index contributed by atoms with van der Waals surface area (Å²) in [5.74, 6) is 1.000. The minimum Gasteiger partial charge on any atom is -0.476 e. The molecule has 0 bridgehead atoms. The Morgan fingerprint density at radius 2 is 2.16 bits per heavy atom. The fourth-order valence-electron chi connectivity index (χ4n) is 3.51. The Hall–Kier alpha value is -1.93. The number of hydrogen-bond donors (Lipinski definition) is 1. The van der Waals surface area contributed by atoms with Gasteiger partial charge in [0.2, 0.25) is 5.88 Å². The SMILES string of the molecule is [2H]C([2H])(F)CCOCC(CC(C)C)NC(=O)c1ccc(N2CC(OC)C2)c(OCC2CC2)n1. The van der Waals surface area contributed by atoms with Gasteiger partial charge in [-0.2, -0.15) is 0 Å². The fraction of sp³-hybridized carbons (Fsp3) is 0.739. The number of hydrogen-bond acceptors (Lipinski definition) is 6. The number of anilines is 1. The second kappa shape index (κ2) is 11.6. The molecule has 1 atom stereocenters. The lowest BCUT2D eigenvalue weighted by Crippen LogP contribution is -2.52. The number of rotatable bonds is 14. The molecule has 0 spiro atoms. The van der Waals surface area contributed by atoms with Gasteiger partial charge in [0.1, 0.15) is 11.4 Å². The van der Waals surface area contributed by atoms with Gasteiger partial charge in [0.15, 0.2) is 0 Å². The largest absolute Gasteiger partial charge is 0.476 e. The molecule has 1 unspecified atom stereocenters. The first kappa shape index (κ1) is 20.9. The molecule has 31 heavy (non-hydrogen) atoms. The van der Waals surface area contributed by atoms with Crippen molar-refractivity contribution >= 4 is 11.6 Å². The molecule has 174 valence electrons. The highest BCUT2D eigenvalue weighted by molar-refractivity contribution is 5.93. The van der Waals surface area contributed by atoms with Crippen LogP contribution in [0, 0.1) is 11.8 Å². The first-order chi connectivity index (χ1) is 15.6. The third-order valence-electron chi connectivity index (χ3n) is 5.50. The molecule has 1 N–H and O–H groups in total. The number of ether oxygens (including phenoxy) is 3. The molecule has 2 aliphatic rings. The van der Waals surface area contributed by atoms with Crippen LogP contribution in [-0.2, 0) is 9.47 Å². The van der Waals surface area contributed by atoms with Crippen LogP contribution in [0.2, 0.25) is 0 Å². The van der Waals surface area contributed by atoms with Crippen LogP contribution in [0.1, 0.15) is 52.8 Å². The van der Waals surface area contributed by atoms with Crippen molar-refractivity contribution in [1.29, 1.82) is 0 Å². The minimum absolute atomic E-state index is 0.0572. The molecule has 1 aliphatic heterocycles. The van der Waals surface area contributed by atoms with Crippen molar-refractivity contribution in [3.63, 3.8) is 0 Å². The molecule has 1 amide bonds. The van der Waals surface area contributed by atoms with Crippen molar-refractivity contribution < 1.29 is 26.1 Å².